The number of carbonyl (C=O) groups excluding carboxylic acids is 1. The predicted octanol–water partition coefficient (Wildman–Crippen LogP) is 3.02. The van der Waals surface area contributed by atoms with Crippen LogP contribution in [0.3, 0.4) is 0 Å². The van der Waals surface area contributed by atoms with Crippen LogP contribution in [-0.4, -0.2) is 34.8 Å². The Morgan fingerprint density at radius 2 is 1.84 bits per heavy atom. The second-order valence-electron chi connectivity index (χ2n) is 6.87. The number of methoxy groups -OCH3 is 2. The highest BCUT2D eigenvalue weighted by Crippen LogP contribution is 2.29. The van der Waals surface area contributed by atoms with Crippen LogP contribution in [0.4, 0.5) is 5.69 Å². The Morgan fingerprint density at radius 1 is 1.10 bits per heavy atom. The van der Waals surface area contributed by atoms with E-state index in [0.717, 1.165) is 11.1 Å². The number of nitrogens with one attached hydrogen (secondary N) is 1. The Morgan fingerprint density at radius 3 is 2.55 bits per heavy atom. The van der Waals surface area contributed by atoms with Crippen molar-refractivity contribution in [3.05, 3.63) is 64.7 Å². The summed E-state index contributed by atoms with van der Waals surface area (Å²) in [6.07, 6.45) is 1.27. The summed E-state index contributed by atoms with van der Waals surface area (Å²) >= 11 is 0. The van der Waals surface area contributed by atoms with Crippen molar-refractivity contribution in [2.24, 2.45) is 0 Å². The summed E-state index contributed by atoms with van der Waals surface area (Å²) in [6, 6.07) is 12.5. The number of rotatable bonds is 6. The monoisotopic (exact) mass is 420 g/mol. The van der Waals surface area contributed by atoms with Crippen molar-refractivity contribution in [3.63, 3.8) is 0 Å². The molecule has 1 N–H and O–H groups in total. The molecule has 9 heteroatoms. The van der Waals surface area contributed by atoms with Crippen molar-refractivity contribution in [1.82, 2.24) is 14.7 Å². The maximum Gasteiger partial charge on any atom is 0.267 e. The molecule has 0 unspecified atom stereocenters. The molecule has 158 valence electrons. The number of carbonyl (C=O) groups is 1. The Bertz CT molecular complexity index is 1310. The van der Waals surface area contributed by atoms with Crippen molar-refractivity contribution < 1.29 is 18.8 Å². The third kappa shape index (κ3) is 3.97. The minimum Gasteiger partial charge on any atom is -0.493 e. The van der Waals surface area contributed by atoms with Gasteiger partial charge in [0.05, 0.1) is 14.2 Å². The second-order valence-corrected chi connectivity index (χ2v) is 6.87. The maximum absolute atomic E-state index is 13.0. The molecule has 2 aromatic carbocycles. The molecule has 0 saturated carbocycles. The summed E-state index contributed by atoms with van der Waals surface area (Å²) in [6.45, 7) is 1.74. The molecule has 0 atom stereocenters. The minimum absolute atomic E-state index is 0.122. The molecule has 0 fully saturated rings. The van der Waals surface area contributed by atoms with E-state index in [9.17, 15) is 9.59 Å². The lowest BCUT2D eigenvalue weighted by Gasteiger charge is -2.11. The van der Waals surface area contributed by atoms with E-state index in [-0.39, 0.29) is 17.6 Å². The molecule has 0 bridgehead atoms. The number of fused-ring (bicyclic) bond motifs is 1. The first kappa shape index (κ1) is 20.1. The fourth-order valence-corrected chi connectivity index (χ4v) is 3.17. The third-order valence-electron chi connectivity index (χ3n) is 4.77. The summed E-state index contributed by atoms with van der Waals surface area (Å²) in [5.74, 6) is 0.624. The van der Waals surface area contributed by atoms with Crippen LogP contribution in [0.1, 0.15) is 5.56 Å². The number of aromatic nitrogens is 3. The van der Waals surface area contributed by atoms with E-state index >= 15 is 0 Å². The number of aryl methyl sites for hydroxylation is 1. The zero-order valence-corrected chi connectivity index (χ0v) is 17.2. The van der Waals surface area contributed by atoms with Gasteiger partial charge in [-0.15, -0.1) is 0 Å². The molecule has 0 aliphatic carbocycles. The zero-order chi connectivity index (χ0) is 22.0. The molecule has 0 saturated heterocycles. The number of ether oxygens (including phenoxy) is 2. The number of hydrogen-bond donors (Lipinski definition) is 1. The van der Waals surface area contributed by atoms with Crippen LogP contribution in [0.15, 0.2) is 58.1 Å². The lowest BCUT2D eigenvalue weighted by Crippen LogP contribution is -2.27. The van der Waals surface area contributed by atoms with Crippen LogP contribution in [0.2, 0.25) is 0 Å². The van der Waals surface area contributed by atoms with Crippen molar-refractivity contribution in [2.45, 2.75) is 13.5 Å². The Kier molecular flexibility index (Phi) is 5.40. The number of anilines is 1. The molecule has 9 nitrogen and oxygen atoms in total. The van der Waals surface area contributed by atoms with Gasteiger partial charge < -0.3 is 19.3 Å². The fraction of sp³-hybridized carbons (Fsp3) is 0.182. The molecular weight excluding hydrogens is 400 g/mol. The topological polar surface area (TPSA) is 108 Å². The molecule has 2 heterocycles. The van der Waals surface area contributed by atoms with Crippen LogP contribution in [-0.2, 0) is 11.3 Å². The van der Waals surface area contributed by atoms with E-state index in [1.165, 1.54) is 25.1 Å². The fourth-order valence-electron chi connectivity index (χ4n) is 3.17. The summed E-state index contributed by atoms with van der Waals surface area (Å²) in [7, 11) is 3.04. The molecule has 4 aromatic rings. The molecule has 31 heavy (non-hydrogen) atoms. The quantitative estimate of drug-likeness (QED) is 0.511. The molecule has 0 aliphatic heterocycles. The van der Waals surface area contributed by atoms with Crippen LogP contribution >= 0.6 is 0 Å². The van der Waals surface area contributed by atoms with Crippen LogP contribution in [0.5, 0.6) is 11.5 Å². The predicted molar refractivity (Wildman–Crippen MR) is 114 cm³/mol. The van der Waals surface area contributed by atoms with E-state index in [4.69, 9.17) is 14.0 Å². The van der Waals surface area contributed by atoms with E-state index in [1.54, 1.807) is 18.2 Å². The molecule has 4 rings (SSSR count). The van der Waals surface area contributed by atoms with Crippen molar-refractivity contribution in [3.8, 4) is 22.8 Å². The minimum atomic E-state index is -0.413. The molecule has 0 radical (unpaired) electrons. The van der Waals surface area contributed by atoms with Gasteiger partial charge in [0.2, 0.25) is 5.91 Å². The van der Waals surface area contributed by atoms with Gasteiger partial charge in [-0.25, -0.2) is 4.98 Å². The number of hydrogen-bond acceptors (Lipinski definition) is 7. The maximum atomic E-state index is 13.0. The van der Waals surface area contributed by atoms with Gasteiger partial charge in [-0.2, -0.15) is 0 Å². The van der Waals surface area contributed by atoms with Gasteiger partial charge in [-0.3, -0.25) is 14.2 Å². The van der Waals surface area contributed by atoms with Crippen LogP contribution in [0.25, 0.3) is 22.4 Å². The lowest BCUT2D eigenvalue weighted by atomic mass is 10.1. The first-order valence-electron chi connectivity index (χ1n) is 9.44. The summed E-state index contributed by atoms with van der Waals surface area (Å²) in [5, 5.41) is 6.97. The molecule has 0 spiro atoms. The smallest absolute Gasteiger partial charge is 0.267 e. The SMILES string of the molecule is COc1ccc(NC(=O)Cn2cnc3onc(-c4ccc(C)cc4)c3c2=O)cc1OC. The van der Waals surface area contributed by atoms with E-state index in [1.807, 2.05) is 31.2 Å². The average molecular weight is 420 g/mol. The summed E-state index contributed by atoms with van der Waals surface area (Å²) < 4.78 is 16.9. The number of nitrogens with zero attached hydrogens (tertiary/aromatic N) is 3. The summed E-state index contributed by atoms with van der Waals surface area (Å²) in [4.78, 5) is 29.7. The first-order valence-corrected chi connectivity index (χ1v) is 9.44. The first-order chi connectivity index (χ1) is 15.0. The number of amides is 1. The highest BCUT2D eigenvalue weighted by Gasteiger charge is 2.18. The Hall–Kier alpha value is -4.14. The van der Waals surface area contributed by atoms with Gasteiger partial charge in [-0.05, 0) is 19.1 Å². The van der Waals surface area contributed by atoms with Crippen LogP contribution in [0, 0.1) is 6.92 Å². The molecule has 1 amide bonds. The summed E-state index contributed by atoms with van der Waals surface area (Å²) in [5.41, 5.74) is 2.42. The molecule has 2 aromatic heterocycles. The van der Waals surface area contributed by atoms with Crippen molar-refractivity contribution >= 4 is 22.7 Å². The average Bonchev–Trinajstić information content (AvgIpc) is 3.21. The second kappa shape index (κ2) is 8.31. The van der Waals surface area contributed by atoms with Gasteiger partial charge in [0, 0.05) is 17.3 Å². The van der Waals surface area contributed by atoms with E-state index < -0.39 is 11.5 Å². The molecular formula is C22H20N4O5. The lowest BCUT2D eigenvalue weighted by molar-refractivity contribution is -0.116. The van der Waals surface area contributed by atoms with Gasteiger partial charge >= 0.3 is 0 Å². The van der Waals surface area contributed by atoms with Crippen molar-refractivity contribution in [1.29, 1.82) is 0 Å². The Balaban J connectivity index is 1.61. The highest BCUT2D eigenvalue weighted by atomic mass is 16.5. The normalized spacial score (nSPS) is 10.8. The third-order valence-corrected chi connectivity index (χ3v) is 4.77. The standard InChI is InChI=1S/C22H20N4O5/c1-13-4-6-14(7-5-13)20-19-21(31-25-20)23-12-26(22(19)28)11-18(27)24-15-8-9-16(29-2)17(10-15)30-3/h4-10,12H,11H2,1-3H3,(H,24,27). The van der Waals surface area contributed by atoms with Crippen molar-refractivity contribution in [2.75, 3.05) is 19.5 Å². The van der Waals surface area contributed by atoms with Gasteiger partial charge in [0.25, 0.3) is 11.3 Å². The molecule has 0 aliphatic rings. The van der Waals surface area contributed by atoms with Gasteiger partial charge in [0.1, 0.15) is 24.0 Å². The van der Waals surface area contributed by atoms with Gasteiger partial charge in [0.15, 0.2) is 11.5 Å². The number of benzene rings is 2. The van der Waals surface area contributed by atoms with E-state index in [0.29, 0.717) is 22.9 Å². The largest absolute Gasteiger partial charge is 0.493 e. The van der Waals surface area contributed by atoms with Crippen LogP contribution < -0.4 is 20.3 Å². The van der Waals surface area contributed by atoms with Gasteiger partial charge in [-0.1, -0.05) is 35.0 Å². The highest BCUT2D eigenvalue weighted by molar-refractivity contribution is 5.92. The Labute approximate surface area is 177 Å². The zero-order valence-electron chi connectivity index (χ0n) is 17.2. The van der Waals surface area contributed by atoms with E-state index in [2.05, 4.69) is 15.5 Å².